The number of imide groups is 1. The fourth-order valence-electron chi connectivity index (χ4n) is 4.05. The molecule has 166 valence electrons. The van der Waals surface area contributed by atoms with Gasteiger partial charge < -0.3 is 10.1 Å². The summed E-state index contributed by atoms with van der Waals surface area (Å²) in [7, 11) is 1.42. The van der Waals surface area contributed by atoms with Gasteiger partial charge in [0.2, 0.25) is 0 Å². The number of nitrogens with zero attached hydrogens (tertiary/aromatic N) is 2. The van der Waals surface area contributed by atoms with Crippen LogP contribution in [0.2, 0.25) is 0 Å². The average molecular weight is 435 g/mol. The molecule has 1 atom stereocenters. The number of carbonyl (C=O) groups is 2. The van der Waals surface area contributed by atoms with E-state index in [4.69, 9.17) is 4.74 Å². The van der Waals surface area contributed by atoms with Crippen LogP contribution in [0.1, 0.15) is 25.0 Å². The lowest BCUT2D eigenvalue weighted by atomic mass is 9.90. The van der Waals surface area contributed by atoms with E-state index in [0.717, 1.165) is 21.9 Å². The molecule has 0 aliphatic carbocycles. The van der Waals surface area contributed by atoms with E-state index >= 15 is 0 Å². The van der Waals surface area contributed by atoms with Gasteiger partial charge in [0, 0.05) is 6.54 Å². The minimum Gasteiger partial charge on any atom is -0.494 e. The number of hydrogen-bond donors (Lipinski definition) is 1. The van der Waals surface area contributed by atoms with Crippen molar-refractivity contribution >= 4 is 22.7 Å². The largest absolute Gasteiger partial charge is 0.494 e. The summed E-state index contributed by atoms with van der Waals surface area (Å²) in [5.41, 5.74) is 0.319. The number of hydrogen-bond acceptors (Lipinski definition) is 4. The van der Waals surface area contributed by atoms with E-state index in [1.165, 1.54) is 18.1 Å². The van der Waals surface area contributed by atoms with Crippen molar-refractivity contribution in [1.29, 1.82) is 0 Å². The van der Waals surface area contributed by atoms with Gasteiger partial charge in [-0.1, -0.05) is 49.4 Å². The van der Waals surface area contributed by atoms with Crippen molar-refractivity contribution in [2.24, 2.45) is 0 Å². The molecule has 1 N–H and O–H groups in total. The minimum absolute atomic E-state index is 0.109. The lowest BCUT2D eigenvalue weighted by molar-refractivity contribution is -0.132. The molecule has 6 nitrogen and oxygen atoms in total. The number of ether oxygens (including phenoxy) is 1. The first kappa shape index (κ1) is 21.8. The predicted octanol–water partition coefficient (Wildman–Crippen LogP) is 4.23. The summed E-state index contributed by atoms with van der Waals surface area (Å²) in [6.07, 6.45) is 0. The summed E-state index contributed by atoms with van der Waals surface area (Å²) >= 11 is 0. The number of benzene rings is 3. The Bertz CT molecular complexity index is 1180. The molecule has 0 radical (unpaired) electrons. The third-order valence-electron chi connectivity index (χ3n) is 6.01. The SMILES string of the molecule is CCN(Cc1ccc(OC)c(F)c1)CN1C(=O)NC(C)(c2ccc3ccccc3c2)C1=O. The molecule has 1 aliphatic heterocycles. The van der Waals surface area contributed by atoms with E-state index in [1.807, 2.05) is 54.3 Å². The molecule has 7 heteroatoms. The third kappa shape index (κ3) is 3.91. The van der Waals surface area contributed by atoms with Gasteiger partial charge in [0.25, 0.3) is 5.91 Å². The highest BCUT2D eigenvalue weighted by Gasteiger charge is 2.49. The van der Waals surface area contributed by atoms with Crippen LogP contribution in [0.3, 0.4) is 0 Å². The number of fused-ring (bicyclic) bond motifs is 1. The zero-order valence-electron chi connectivity index (χ0n) is 18.4. The molecule has 3 aromatic rings. The zero-order valence-corrected chi connectivity index (χ0v) is 18.4. The predicted molar refractivity (Wildman–Crippen MR) is 121 cm³/mol. The van der Waals surface area contributed by atoms with Crippen LogP contribution in [0.4, 0.5) is 9.18 Å². The first-order valence-electron chi connectivity index (χ1n) is 10.5. The van der Waals surface area contributed by atoms with Crippen LogP contribution in [0.5, 0.6) is 5.75 Å². The molecular weight excluding hydrogens is 409 g/mol. The molecule has 1 heterocycles. The van der Waals surface area contributed by atoms with Crippen LogP contribution in [-0.2, 0) is 16.9 Å². The second-order valence-corrected chi connectivity index (χ2v) is 8.11. The van der Waals surface area contributed by atoms with Crippen molar-refractivity contribution < 1.29 is 18.7 Å². The average Bonchev–Trinajstić information content (AvgIpc) is 3.02. The number of amides is 3. The number of urea groups is 1. The fourth-order valence-corrected chi connectivity index (χ4v) is 4.05. The molecule has 0 bridgehead atoms. The van der Waals surface area contributed by atoms with Crippen molar-refractivity contribution in [2.45, 2.75) is 25.9 Å². The normalized spacial score (nSPS) is 18.5. The fraction of sp³-hybridized carbons (Fsp3) is 0.280. The Morgan fingerprint density at radius 2 is 1.81 bits per heavy atom. The Labute approximate surface area is 186 Å². The molecule has 3 aromatic carbocycles. The summed E-state index contributed by atoms with van der Waals surface area (Å²) in [4.78, 5) is 29.3. The maximum absolute atomic E-state index is 14.1. The topological polar surface area (TPSA) is 61.9 Å². The molecule has 1 aliphatic rings. The van der Waals surface area contributed by atoms with Crippen LogP contribution < -0.4 is 10.1 Å². The van der Waals surface area contributed by atoms with Crippen LogP contribution in [0.25, 0.3) is 10.8 Å². The van der Waals surface area contributed by atoms with Crippen molar-refractivity contribution in [3.05, 3.63) is 77.6 Å². The number of halogens is 1. The highest BCUT2D eigenvalue weighted by atomic mass is 19.1. The van der Waals surface area contributed by atoms with E-state index in [1.54, 1.807) is 19.1 Å². The van der Waals surface area contributed by atoms with E-state index < -0.39 is 17.4 Å². The number of rotatable bonds is 7. The second kappa shape index (κ2) is 8.59. The Balaban J connectivity index is 1.54. The van der Waals surface area contributed by atoms with Crippen LogP contribution in [-0.4, -0.2) is 42.1 Å². The highest BCUT2D eigenvalue weighted by molar-refractivity contribution is 6.07. The molecule has 3 amide bonds. The van der Waals surface area contributed by atoms with E-state index in [9.17, 15) is 14.0 Å². The zero-order chi connectivity index (χ0) is 22.9. The van der Waals surface area contributed by atoms with Crippen LogP contribution in [0, 0.1) is 5.82 Å². The smallest absolute Gasteiger partial charge is 0.326 e. The summed E-state index contributed by atoms with van der Waals surface area (Å²) < 4.78 is 19.0. The van der Waals surface area contributed by atoms with E-state index in [-0.39, 0.29) is 18.3 Å². The number of nitrogens with one attached hydrogen (secondary N) is 1. The number of carbonyl (C=O) groups excluding carboxylic acids is 2. The van der Waals surface area contributed by atoms with Crippen molar-refractivity contribution in [3.63, 3.8) is 0 Å². The Hall–Kier alpha value is -3.45. The molecule has 0 aromatic heterocycles. The lowest BCUT2D eigenvalue weighted by Gasteiger charge is -2.26. The van der Waals surface area contributed by atoms with Crippen molar-refractivity contribution in [3.8, 4) is 5.75 Å². The van der Waals surface area contributed by atoms with Gasteiger partial charge in [0.15, 0.2) is 11.6 Å². The van der Waals surface area contributed by atoms with Crippen LogP contribution in [0.15, 0.2) is 60.7 Å². The molecule has 1 fully saturated rings. The highest BCUT2D eigenvalue weighted by Crippen LogP contribution is 2.31. The molecule has 0 spiro atoms. The Morgan fingerprint density at radius 3 is 2.50 bits per heavy atom. The van der Waals surface area contributed by atoms with Gasteiger partial charge in [-0.25, -0.2) is 14.1 Å². The quantitative estimate of drug-likeness (QED) is 0.564. The summed E-state index contributed by atoms with van der Waals surface area (Å²) in [6, 6.07) is 18.0. The van der Waals surface area contributed by atoms with Crippen LogP contribution >= 0.6 is 0 Å². The van der Waals surface area contributed by atoms with Gasteiger partial charge in [-0.2, -0.15) is 0 Å². The summed E-state index contributed by atoms with van der Waals surface area (Å²) in [5, 5.41) is 4.93. The molecule has 4 rings (SSSR count). The molecule has 1 unspecified atom stereocenters. The van der Waals surface area contributed by atoms with Crippen molar-refractivity contribution in [2.75, 3.05) is 20.3 Å². The summed E-state index contributed by atoms with van der Waals surface area (Å²) in [6.45, 7) is 4.74. The van der Waals surface area contributed by atoms with Gasteiger partial charge in [-0.3, -0.25) is 9.69 Å². The van der Waals surface area contributed by atoms with Gasteiger partial charge in [0.05, 0.1) is 13.8 Å². The molecule has 1 saturated heterocycles. The summed E-state index contributed by atoms with van der Waals surface area (Å²) in [5.74, 6) is -0.575. The molecule has 0 saturated carbocycles. The first-order valence-corrected chi connectivity index (χ1v) is 10.5. The van der Waals surface area contributed by atoms with Gasteiger partial charge >= 0.3 is 6.03 Å². The Morgan fingerprint density at radius 1 is 1.06 bits per heavy atom. The van der Waals surface area contributed by atoms with Crippen molar-refractivity contribution in [1.82, 2.24) is 15.1 Å². The maximum atomic E-state index is 14.1. The third-order valence-corrected chi connectivity index (χ3v) is 6.01. The first-order chi connectivity index (χ1) is 15.4. The van der Waals surface area contributed by atoms with Gasteiger partial charge in [-0.05, 0) is 53.6 Å². The Kier molecular flexibility index (Phi) is 5.84. The minimum atomic E-state index is -1.15. The lowest BCUT2D eigenvalue weighted by Crippen LogP contribution is -2.43. The van der Waals surface area contributed by atoms with E-state index in [2.05, 4.69) is 5.32 Å². The van der Waals surface area contributed by atoms with Gasteiger partial charge in [0.1, 0.15) is 5.54 Å². The molecule has 32 heavy (non-hydrogen) atoms. The van der Waals surface area contributed by atoms with Gasteiger partial charge in [-0.15, -0.1) is 0 Å². The van der Waals surface area contributed by atoms with E-state index in [0.29, 0.717) is 13.1 Å². The molecular formula is C25H26FN3O3. The number of methoxy groups -OCH3 is 1. The second-order valence-electron chi connectivity index (χ2n) is 8.11. The monoisotopic (exact) mass is 435 g/mol. The maximum Gasteiger partial charge on any atom is 0.326 e. The standard InChI is InChI=1S/C25H26FN3O3/c1-4-28(15-17-9-12-22(32-3)21(26)13-17)16-29-23(30)25(2,27-24(29)31)20-11-10-18-7-5-6-8-19(18)14-20/h5-14H,4,15-16H2,1-3H3,(H,27,31).